The Bertz CT molecular complexity index is 777. The first-order valence-electron chi connectivity index (χ1n) is 7.92. The molecule has 5 nitrogen and oxygen atoms in total. The highest BCUT2D eigenvalue weighted by Gasteiger charge is 2.60. The van der Waals surface area contributed by atoms with E-state index in [1.807, 2.05) is 24.3 Å². The van der Waals surface area contributed by atoms with Gasteiger partial charge in [0.1, 0.15) is 11.6 Å². The Balaban J connectivity index is 1.45. The van der Waals surface area contributed by atoms with Gasteiger partial charge < -0.3 is 10.1 Å². The van der Waals surface area contributed by atoms with Gasteiger partial charge in [0, 0.05) is 29.3 Å². The zero-order valence-electron chi connectivity index (χ0n) is 12.9. The van der Waals surface area contributed by atoms with E-state index in [9.17, 15) is 13.6 Å². The van der Waals surface area contributed by atoms with E-state index in [0.717, 1.165) is 28.7 Å². The maximum atomic E-state index is 12.8. The molecule has 2 aliphatic rings. The molecule has 1 amide bonds. The second-order valence-corrected chi connectivity index (χ2v) is 6.25. The Morgan fingerprint density at radius 3 is 3.12 bits per heavy atom. The first-order chi connectivity index (χ1) is 11.6. The number of carbonyl (C=O) groups is 1. The summed E-state index contributed by atoms with van der Waals surface area (Å²) < 4.78 is 32.0. The molecule has 0 saturated heterocycles. The Morgan fingerprint density at radius 1 is 1.46 bits per heavy atom. The molecule has 1 spiro atoms. The number of nitrogens with one attached hydrogen (secondary N) is 1. The van der Waals surface area contributed by atoms with Crippen LogP contribution >= 0.6 is 0 Å². The zero-order valence-corrected chi connectivity index (χ0v) is 12.9. The molecule has 1 aliphatic carbocycles. The summed E-state index contributed by atoms with van der Waals surface area (Å²) in [5, 5.41) is 2.75. The number of carbonyl (C=O) groups excluding carboxylic acids is 1. The van der Waals surface area contributed by atoms with Crippen LogP contribution < -0.4 is 10.1 Å². The van der Waals surface area contributed by atoms with E-state index in [1.165, 1.54) is 12.4 Å². The number of aromatic nitrogens is 2. The summed E-state index contributed by atoms with van der Waals surface area (Å²) in [6, 6.07) is 7.79. The minimum absolute atomic E-state index is 0.000893. The van der Waals surface area contributed by atoms with E-state index in [-0.39, 0.29) is 29.6 Å². The van der Waals surface area contributed by atoms with Crippen LogP contribution in [-0.2, 0) is 16.8 Å². The maximum absolute atomic E-state index is 12.8. The average Bonchev–Trinajstić information content (AvgIpc) is 3.09. The largest absolute Gasteiger partial charge is 0.493 e. The molecule has 1 aliphatic heterocycles. The monoisotopic (exact) mass is 333 g/mol. The first kappa shape index (κ1) is 15.1. The maximum Gasteiger partial charge on any atom is 0.319 e. The van der Waals surface area contributed by atoms with Gasteiger partial charge >= 0.3 is 6.55 Å². The lowest BCUT2D eigenvalue weighted by molar-refractivity contribution is -0.123. The fourth-order valence-corrected chi connectivity index (χ4v) is 3.65. The van der Waals surface area contributed by atoms with Gasteiger partial charge in [-0.1, -0.05) is 18.2 Å². The normalized spacial score (nSPS) is 24.5. The van der Waals surface area contributed by atoms with Crippen LogP contribution in [0.25, 0.3) is 0 Å². The van der Waals surface area contributed by atoms with Crippen molar-refractivity contribution in [2.45, 2.75) is 31.4 Å². The number of imidazole rings is 1. The number of hydrogen-bond donors (Lipinski definition) is 1. The third kappa shape index (κ3) is 2.35. The van der Waals surface area contributed by atoms with Crippen LogP contribution in [-0.4, -0.2) is 22.1 Å². The number of benzene rings is 1. The highest BCUT2D eigenvalue weighted by molar-refractivity contribution is 5.84. The molecule has 24 heavy (non-hydrogen) atoms. The van der Waals surface area contributed by atoms with Gasteiger partial charge in [0.2, 0.25) is 5.91 Å². The molecule has 126 valence electrons. The number of alkyl halides is 2. The molecule has 2 unspecified atom stereocenters. The van der Waals surface area contributed by atoms with Gasteiger partial charge in [0.15, 0.2) is 0 Å². The molecule has 0 radical (unpaired) electrons. The van der Waals surface area contributed by atoms with E-state index in [1.54, 1.807) is 0 Å². The van der Waals surface area contributed by atoms with Crippen LogP contribution in [0.2, 0.25) is 0 Å². The minimum Gasteiger partial charge on any atom is -0.493 e. The van der Waals surface area contributed by atoms with Crippen molar-refractivity contribution < 1.29 is 18.3 Å². The number of rotatable bonds is 4. The smallest absolute Gasteiger partial charge is 0.319 e. The number of halogens is 2. The van der Waals surface area contributed by atoms with Crippen molar-refractivity contribution in [1.82, 2.24) is 14.9 Å². The predicted octanol–water partition coefficient (Wildman–Crippen LogP) is 2.63. The Kier molecular flexibility index (Phi) is 3.51. The van der Waals surface area contributed by atoms with Crippen molar-refractivity contribution in [1.29, 1.82) is 0 Å². The summed E-state index contributed by atoms with van der Waals surface area (Å²) in [5.41, 5.74) is 0.905. The van der Waals surface area contributed by atoms with Crippen molar-refractivity contribution >= 4 is 5.91 Å². The van der Waals surface area contributed by atoms with Gasteiger partial charge in [-0.15, -0.1) is 0 Å². The van der Waals surface area contributed by atoms with Gasteiger partial charge in [-0.25, -0.2) is 4.98 Å². The molecule has 2 atom stereocenters. The SMILES string of the molecule is O=C(NCc1nccn1C(F)F)C1CC12CCOc1ccccc12. The summed E-state index contributed by atoms with van der Waals surface area (Å²) in [5.74, 6) is 0.737. The number of fused-ring (bicyclic) bond motifs is 2. The molecule has 4 rings (SSSR count). The lowest BCUT2D eigenvalue weighted by atomic mass is 9.87. The van der Waals surface area contributed by atoms with Crippen LogP contribution in [0.15, 0.2) is 36.7 Å². The van der Waals surface area contributed by atoms with Crippen LogP contribution in [0, 0.1) is 5.92 Å². The molecule has 2 heterocycles. The first-order valence-corrected chi connectivity index (χ1v) is 7.92. The number of amides is 1. The highest BCUT2D eigenvalue weighted by atomic mass is 19.3. The summed E-state index contributed by atoms with van der Waals surface area (Å²) >= 11 is 0. The van der Waals surface area contributed by atoms with Crippen molar-refractivity contribution in [3.05, 3.63) is 48.0 Å². The molecule has 1 N–H and O–H groups in total. The Hall–Kier alpha value is -2.44. The third-order valence-corrected chi connectivity index (χ3v) is 5.00. The van der Waals surface area contributed by atoms with E-state index >= 15 is 0 Å². The summed E-state index contributed by atoms with van der Waals surface area (Å²) in [6.45, 7) is -2.06. The zero-order chi connectivity index (χ0) is 16.7. The second-order valence-electron chi connectivity index (χ2n) is 6.25. The molecule has 1 aromatic heterocycles. The number of ether oxygens (including phenoxy) is 1. The number of hydrogen-bond acceptors (Lipinski definition) is 3. The van der Waals surface area contributed by atoms with Gasteiger partial charge in [-0.2, -0.15) is 8.78 Å². The standard InChI is InChI=1S/C17H17F2N3O2/c18-16(19)22-7-6-20-14(22)10-21-15(23)12-9-17(12)5-8-24-13-4-2-1-3-11(13)17/h1-4,6-7,12,16H,5,8-10H2,(H,21,23). The van der Waals surface area contributed by atoms with Crippen LogP contribution in [0.4, 0.5) is 8.78 Å². The summed E-state index contributed by atoms with van der Waals surface area (Å²) in [4.78, 5) is 16.4. The lowest BCUT2D eigenvalue weighted by Crippen LogP contribution is -2.31. The van der Waals surface area contributed by atoms with Crippen LogP contribution in [0.1, 0.15) is 30.8 Å². The second kappa shape index (κ2) is 5.58. The molecule has 1 aromatic carbocycles. The van der Waals surface area contributed by atoms with E-state index in [4.69, 9.17) is 4.74 Å². The van der Waals surface area contributed by atoms with Crippen molar-refractivity contribution in [3.63, 3.8) is 0 Å². The van der Waals surface area contributed by atoms with Crippen LogP contribution in [0.3, 0.4) is 0 Å². The van der Waals surface area contributed by atoms with Crippen molar-refractivity contribution in [3.8, 4) is 5.75 Å². The number of nitrogens with zero attached hydrogens (tertiary/aromatic N) is 2. The average molecular weight is 333 g/mol. The van der Waals surface area contributed by atoms with Crippen molar-refractivity contribution in [2.75, 3.05) is 6.61 Å². The third-order valence-electron chi connectivity index (χ3n) is 5.00. The van der Waals surface area contributed by atoms with E-state index < -0.39 is 6.55 Å². The quantitative estimate of drug-likeness (QED) is 0.936. The predicted molar refractivity (Wildman–Crippen MR) is 81.7 cm³/mol. The van der Waals surface area contributed by atoms with Crippen LogP contribution in [0.5, 0.6) is 5.75 Å². The fraction of sp³-hybridized carbons (Fsp3) is 0.412. The van der Waals surface area contributed by atoms with E-state index in [0.29, 0.717) is 6.61 Å². The minimum atomic E-state index is -2.66. The summed E-state index contributed by atoms with van der Waals surface area (Å²) in [6.07, 6.45) is 4.08. The van der Waals surface area contributed by atoms with E-state index in [2.05, 4.69) is 10.3 Å². The number of para-hydroxylation sites is 1. The molecule has 1 saturated carbocycles. The Labute approximate surface area is 137 Å². The van der Waals surface area contributed by atoms with Crippen molar-refractivity contribution in [2.24, 2.45) is 5.92 Å². The summed E-state index contributed by atoms with van der Waals surface area (Å²) in [7, 11) is 0. The lowest BCUT2D eigenvalue weighted by Gasteiger charge is -2.26. The highest BCUT2D eigenvalue weighted by Crippen LogP contribution is 2.60. The molecule has 1 fully saturated rings. The molecular formula is C17H17F2N3O2. The topological polar surface area (TPSA) is 56.2 Å². The Morgan fingerprint density at radius 2 is 2.29 bits per heavy atom. The van der Waals surface area contributed by atoms with Gasteiger partial charge in [-0.3, -0.25) is 9.36 Å². The molecular weight excluding hydrogens is 316 g/mol. The van der Waals surface area contributed by atoms with Gasteiger partial charge in [0.25, 0.3) is 0 Å². The fourth-order valence-electron chi connectivity index (χ4n) is 3.65. The molecule has 0 bridgehead atoms. The van der Waals surface area contributed by atoms with Gasteiger partial charge in [0.05, 0.1) is 13.2 Å². The molecule has 2 aromatic rings. The van der Waals surface area contributed by atoms with Gasteiger partial charge in [-0.05, 0) is 18.9 Å². The molecule has 7 heteroatoms.